The van der Waals surface area contributed by atoms with E-state index in [9.17, 15) is 0 Å². The highest BCUT2D eigenvalue weighted by molar-refractivity contribution is 4.75. The van der Waals surface area contributed by atoms with E-state index < -0.39 is 0 Å². The summed E-state index contributed by atoms with van der Waals surface area (Å²) in [5, 5.41) is 7.88. The molecule has 1 aliphatic carbocycles. The van der Waals surface area contributed by atoms with Crippen LogP contribution in [0, 0.1) is 0 Å². The number of nitrogens with two attached hydrogens (primary N) is 1. The molecule has 1 aliphatic rings. The second-order valence-corrected chi connectivity index (χ2v) is 2.06. The minimum absolute atomic E-state index is 0.319. The van der Waals surface area contributed by atoms with Gasteiger partial charge >= 0.3 is 0 Å². The van der Waals surface area contributed by atoms with Gasteiger partial charge in [-0.15, -0.1) is 0 Å². The van der Waals surface area contributed by atoms with Crippen LogP contribution in [-0.2, 0) is 0 Å². The zero-order chi connectivity index (χ0) is 6.41. The number of aliphatic hydroxyl groups is 1. The van der Waals surface area contributed by atoms with Crippen molar-refractivity contribution in [3.63, 3.8) is 0 Å². The first kappa shape index (κ1) is 7.92. The minimum Gasteiger partial charge on any atom is -0.396 e. The summed E-state index contributed by atoms with van der Waals surface area (Å²) in [6.45, 7) is 2.25. The minimum atomic E-state index is 0.319. The quantitative estimate of drug-likeness (QED) is 0.525. The van der Waals surface area contributed by atoms with Crippen molar-refractivity contribution in [1.29, 1.82) is 0 Å². The van der Waals surface area contributed by atoms with E-state index in [1.54, 1.807) is 0 Å². The zero-order valence-corrected chi connectivity index (χ0v) is 5.43. The van der Waals surface area contributed by atoms with Gasteiger partial charge in [-0.2, -0.15) is 0 Å². The Kier molecular flexibility index (Phi) is 5.01. The molecule has 50 valence electrons. The first-order valence-corrected chi connectivity index (χ1v) is 3.17. The van der Waals surface area contributed by atoms with Crippen molar-refractivity contribution < 1.29 is 5.11 Å². The summed E-state index contributed by atoms with van der Waals surface area (Å²) in [4.78, 5) is 0. The normalized spacial score (nSPS) is 16.9. The highest BCUT2D eigenvalue weighted by Gasteiger charge is 2.13. The first-order valence-electron chi connectivity index (χ1n) is 3.17. The summed E-state index contributed by atoms with van der Waals surface area (Å²) < 4.78 is 0. The highest BCUT2D eigenvalue weighted by Crippen LogP contribution is 2.13. The van der Waals surface area contributed by atoms with Crippen LogP contribution in [0.4, 0.5) is 0 Å². The maximum Gasteiger partial charge on any atom is 0.0428 e. The van der Waals surface area contributed by atoms with E-state index in [4.69, 9.17) is 10.8 Å². The second-order valence-electron chi connectivity index (χ2n) is 2.06. The summed E-state index contributed by atoms with van der Waals surface area (Å²) in [7, 11) is 0. The molecule has 3 N–H and O–H groups in total. The molecule has 0 atom stereocenters. The molecule has 8 heavy (non-hydrogen) atoms. The molecule has 0 spiro atoms. The first-order chi connectivity index (χ1) is 3.81. The molecule has 0 aromatic heterocycles. The van der Waals surface area contributed by atoms with Gasteiger partial charge in [0.05, 0.1) is 0 Å². The van der Waals surface area contributed by atoms with Gasteiger partial charge in [0.25, 0.3) is 0 Å². The SMILES string of the molecule is CCCO.NC1CC1. The Morgan fingerprint density at radius 3 is 1.88 bits per heavy atom. The number of rotatable bonds is 1. The lowest BCUT2D eigenvalue weighted by molar-refractivity contribution is 0.295. The fraction of sp³-hybridized carbons (Fsp3) is 1.00. The molecule has 0 amide bonds. The topological polar surface area (TPSA) is 46.2 Å². The summed E-state index contributed by atoms with van der Waals surface area (Å²) >= 11 is 0. The van der Waals surface area contributed by atoms with Crippen LogP contribution >= 0.6 is 0 Å². The summed E-state index contributed by atoms with van der Waals surface area (Å²) in [5.74, 6) is 0. The molecule has 0 saturated heterocycles. The van der Waals surface area contributed by atoms with Crippen LogP contribution in [0.2, 0.25) is 0 Å². The van der Waals surface area contributed by atoms with Crippen LogP contribution in [0.1, 0.15) is 26.2 Å². The number of aliphatic hydroxyl groups excluding tert-OH is 1. The van der Waals surface area contributed by atoms with Crippen molar-refractivity contribution in [2.45, 2.75) is 32.2 Å². The fourth-order valence-electron chi connectivity index (χ4n) is 0.0962. The van der Waals surface area contributed by atoms with Gasteiger partial charge < -0.3 is 10.8 Å². The molecule has 2 heteroatoms. The predicted octanol–water partition coefficient (Wildman–Crippen LogP) is 0.496. The van der Waals surface area contributed by atoms with E-state index in [0.717, 1.165) is 6.42 Å². The van der Waals surface area contributed by atoms with Gasteiger partial charge in [-0.05, 0) is 19.3 Å². The summed E-state index contributed by atoms with van der Waals surface area (Å²) in [5.41, 5.74) is 5.22. The third-order valence-corrected chi connectivity index (χ3v) is 0.846. The fourth-order valence-corrected chi connectivity index (χ4v) is 0.0962. The Hall–Kier alpha value is -0.0800. The van der Waals surface area contributed by atoms with Gasteiger partial charge in [-0.1, -0.05) is 6.92 Å². The van der Waals surface area contributed by atoms with Crippen molar-refractivity contribution in [2.24, 2.45) is 5.73 Å². The van der Waals surface area contributed by atoms with Gasteiger partial charge in [0, 0.05) is 12.6 Å². The van der Waals surface area contributed by atoms with Crippen molar-refractivity contribution in [2.75, 3.05) is 6.61 Å². The van der Waals surface area contributed by atoms with Gasteiger partial charge in [0.2, 0.25) is 0 Å². The number of hydrogen-bond donors (Lipinski definition) is 2. The highest BCUT2D eigenvalue weighted by atomic mass is 16.2. The predicted molar refractivity (Wildman–Crippen MR) is 34.6 cm³/mol. The number of hydrogen-bond acceptors (Lipinski definition) is 2. The largest absolute Gasteiger partial charge is 0.396 e. The molecule has 0 heterocycles. The Bertz CT molecular complexity index is 41.8. The lowest BCUT2D eigenvalue weighted by atomic mass is 10.5. The molecule has 2 nitrogen and oxygen atoms in total. The maximum atomic E-state index is 7.88. The molecule has 1 fully saturated rings. The van der Waals surface area contributed by atoms with Gasteiger partial charge in [0.15, 0.2) is 0 Å². The zero-order valence-electron chi connectivity index (χ0n) is 5.43. The Morgan fingerprint density at radius 1 is 1.62 bits per heavy atom. The van der Waals surface area contributed by atoms with E-state index in [2.05, 4.69) is 0 Å². The van der Waals surface area contributed by atoms with Gasteiger partial charge in [-0.25, -0.2) is 0 Å². The Labute approximate surface area is 50.7 Å². The third kappa shape index (κ3) is 9.33. The van der Waals surface area contributed by atoms with Crippen molar-refractivity contribution in [3.05, 3.63) is 0 Å². The molecule has 0 radical (unpaired) electrons. The van der Waals surface area contributed by atoms with Crippen LogP contribution in [-0.4, -0.2) is 17.8 Å². The molecule has 0 aromatic carbocycles. The molecule has 0 bridgehead atoms. The van der Waals surface area contributed by atoms with Crippen molar-refractivity contribution in [1.82, 2.24) is 0 Å². The van der Waals surface area contributed by atoms with Crippen LogP contribution in [0.15, 0.2) is 0 Å². The third-order valence-electron chi connectivity index (χ3n) is 0.846. The second kappa shape index (κ2) is 5.06. The smallest absolute Gasteiger partial charge is 0.0428 e. The monoisotopic (exact) mass is 117 g/mol. The van der Waals surface area contributed by atoms with Crippen LogP contribution in [0.3, 0.4) is 0 Å². The molecule has 1 rings (SSSR count). The summed E-state index contributed by atoms with van der Waals surface area (Å²) in [6.07, 6.45) is 3.40. The van der Waals surface area contributed by atoms with Crippen molar-refractivity contribution in [3.8, 4) is 0 Å². The van der Waals surface area contributed by atoms with E-state index in [-0.39, 0.29) is 0 Å². The lowest BCUT2D eigenvalue weighted by Gasteiger charge is -1.69. The standard InChI is InChI=1S/C3H7N.C3H8O/c4-3-1-2-3;1-2-3-4/h3H,1-2,4H2;4H,2-3H2,1H3. The molecule has 1 saturated carbocycles. The van der Waals surface area contributed by atoms with Crippen LogP contribution < -0.4 is 5.73 Å². The Balaban J connectivity index is 0.000000122. The van der Waals surface area contributed by atoms with Gasteiger partial charge in [-0.3, -0.25) is 0 Å². The maximum absolute atomic E-state index is 7.88. The Morgan fingerprint density at radius 2 is 1.88 bits per heavy atom. The van der Waals surface area contributed by atoms with E-state index >= 15 is 0 Å². The average molecular weight is 117 g/mol. The molecule has 0 unspecified atom stereocenters. The lowest BCUT2D eigenvalue weighted by Crippen LogP contribution is -1.94. The average Bonchev–Trinajstić information content (AvgIpc) is 2.52. The summed E-state index contributed by atoms with van der Waals surface area (Å²) in [6, 6.07) is 0.583. The van der Waals surface area contributed by atoms with E-state index in [1.807, 2.05) is 6.92 Å². The molecular weight excluding hydrogens is 102 g/mol. The molecular formula is C6H15NO. The van der Waals surface area contributed by atoms with E-state index in [1.165, 1.54) is 12.8 Å². The molecule has 0 aliphatic heterocycles. The van der Waals surface area contributed by atoms with Crippen molar-refractivity contribution >= 4 is 0 Å². The van der Waals surface area contributed by atoms with Crippen LogP contribution in [0.5, 0.6) is 0 Å². The van der Waals surface area contributed by atoms with E-state index in [0.29, 0.717) is 12.6 Å². The molecule has 0 aromatic rings. The van der Waals surface area contributed by atoms with Crippen LogP contribution in [0.25, 0.3) is 0 Å². The van der Waals surface area contributed by atoms with Gasteiger partial charge in [0.1, 0.15) is 0 Å².